The Kier molecular flexibility index (Phi) is 2.71. The van der Waals surface area contributed by atoms with E-state index < -0.39 is 0 Å². The lowest BCUT2D eigenvalue weighted by Crippen LogP contribution is -1.93. The summed E-state index contributed by atoms with van der Waals surface area (Å²) in [4.78, 5) is 11.9. The van der Waals surface area contributed by atoms with E-state index in [2.05, 4.69) is 11.2 Å². The van der Waals surface area contributed by atoms with E-state index in [1.54, 1.807) is 0 Å². The third-order valence-corrected chi connectivity index (χ3v) is 3.99. The fourth-order valence-electron chi connectivity index (χ4n) is 2.94. The maximum Gasteiger partial charge on any atom is 0.163 e. The van der Waals surface area contributed by atoms with E-state index in [9.17, 15) is 4.79 Å². The van der Waals surface area contributed by atoms with Crippen LogP contribution in [0.5, 0.6) is 0 Å². The molecule has 2 aromatic carbocycles. The topological polar surface area (TPSA) is 34.9 Å². The number of fused-ring (bicyclic) bond motifs is 1. The highest BCUT2D eigenvalue weighted by Crippen LogP contribution is 2.32. The van der Waals surface area contributed by atoms with Gasteiger partial charge in [-0.25, -0.2) is 4.68 Å². The van der Waals surface area contributed by atoms with Gasteiger partial charge in [0.15, 0.2) is 5.78 Å². The number of carbonyl (C=O) groups is 1. The molecule has 3 aromatic rings. The summed E-state index contributed by atoms with van der Waals surface area (Å²) in [5.74, 6) is 0.252. The van der Waals surface area contributed by atoms with Gasteiger partial charge in [-0.2, -0.15) is 5.10 Å². The van der Waals surface area contributed by atoms with E-state index in [0.29, 0.717) is 6.42 Å². The van der Waals surface area contributed by atoms with Gasteiger partial charge in [-0.1, -0.05) is 36.4 Å². The molecule has 0 N–H and O–H groups in total. The Labute approximate surface area is 122 Å². The quantitative estimate of drug-likeness (QED) is 0.714. The van der Waals surface area contributed by atoms with Crippen LogP contribution >= 0.6 is 0 Å². The molecule has 0 atom stereocenters. The molecule has 0 fully saturated rings. The number of hydrogen-bond donors (Lipinski definition) is 0. The lowest BCUT2D eigenvalue weighted by atomic mass is 9.99. The van der Waals surface area contributed by atoms with E-state index in [-0.39, 0.29) is 5.78 Å². The molecule has 3 nitrogen and oxygen atoms in total. The van der Waals surface area contributed by atoms with Crippen molar-refractivity contribution in [2.75, 3.05) is 0 Å². The van der Waals surface area contributed by atoms with Gasteiger partial charge in [-0.3, -0.25) is 4.79 Å². The molecule has 21 heavy (non-hydrogen) atoms. The van der Waals surface area contributed by atoms with Crippen LogP contribution in [0.15, 0.2) is 60.9 Å². The zero-order valence-electron chi connectivity index (χ0n) is 11.5. The molecule has 3 heteroatoms. The second-order valence-electron chi connectivity index (χ2n) is 5.26. The minimum atomic E-state index is 0.252. The van der Waals surface area contributed by atoms with E-state index in [0.717, 1.165) is 34.4 Å². The molecule has 1 aliphatic rings. The van der Waals surface area contributed by atoms with Crippen molar-refractivity contribution in [1.82, 2.24) is 9.78 Å². The van der Waals surface area contributed by atoms with Gasteiger partial charge in [0.05, 0.1) is 11.9 Å². The van der Waals surface area contributed by atoms with Crippen molar-refractivity contribution in [1.29, 1.82) is 0 Å². The summed E-state index contributed by atoms with van der Waals surface area (Å²) in [6.07, 6.45) is 5.35. The first-order chi connectivity index (χ1) is 10.3. The van der Waals surface area contributed by atoms with Gasteiger partial charge in [-0.15, -0.1) is 0 Å². The summed E-state index contributed by atoms with van der Waals surface area (Å²) >= 11 is 0. The average molecular weight is 274 g/mol. The smallest absolute Gasteiger partial charge is 0.163 e. The standard InChI is InChI=1S/C18H14N2O/c21-18-10-9-16-15(7-4-8-17(16)18)13-11-19-20(12-13)14-5-2-1-3-6-14/h1-8,11-12H,9-10H2. The van der Waals surface area contributed by atoms with Crippen molar-refractivity contribution < 1.29 is 4.79 Å². The Bertz CT molecular complexity index is 818. The van der Waals surface area contributed by atoms with Gasteiger partial charge in [0.1, 0.15) is 0 Å². The molecule has 0 saturated heterocycles. The number of para-hydroxylation sites is 1. The highest BCUT2D eigenvalue weighted by molar-refractivity contribution is 6.02. The molecule has 1 aromatic heterocycles. The Morgan fingerprint density at radius 2 is 1.71 bits per heavy atom. The number of ketones is 1. The molecule has 0 radical (unpaired) electrons. The minimum absolute atomic E-state index is 0.252. The molecule has 4 rings (SSSR count). The van der Waals surface area contributed by atoms with Gasteiger partial charge in [0.25, 0.3) is 0 Å². The van der Waals surface area contributed by atoms with E-state index >= 15 is 0 Å². The van der Waals surface area contributed by atoms with Crippen LogP contribution in [0, 0.1) is 0 Å². The monoisotopic (exact) mass is 274 g/mol. The molecule has 102 valence electrons. The van der Waals surface area contributed by atoms with Crippen LogP contribution < -0.4 is 0 Å². The summed E-state index contributed by atoms with van der Waals surface area (Å²) in [6.45, 7) is 0. The van der Waals surface area contributed by atoms with E-state index in [1.807, 2.05) is 59.5 Å². The minimum Gasteiger partial charge on any atom is -0.294 e. The van der Waals surface area contributed by atoms with Crippen LogP contribution in [-0.4, -0.2) is 15.6 Å². The van der Waals surface area contributed by atoms with Gasteiger partial charge in [0, 0.05) is 23.7 Å². The predicted octanol–water partition coefficient (Wildman–Crippen LogP) is 3.67. The Balaban J connectivity index is 1.80. The highest BCUT2D eigenvalue weighted by Gasteiger charge is 2.22. The van der Waals surface area contributed by atoms with Gasteiger partial charge in [-0.05, 0) is 29.7 Å². The second-order valence-corrected chi connectivity index (χ2v) is 5.26. The first-order valence-electron chi connectivity index (χ1n) is 7.08. The first-order valence-corrected chi connectivity index (χ1v) is 7.08. The van der Waals surface area contributed by atoms with Crippen LogP contribution in [0.2, 0.25) is 0 Å². The Morgan fingerprint density at radius 3 is 2.57 bits per heavy atom. The predicted molar refractivity (Wildman–Crippen MR) is 81.7 cm³/mol. The van der Waals surface area contributed by atoms with Gasteiger partial charge in [0.2, 0.25) is 0 Å². The number of carbonyl (C=O) groups excluding carboxylic acids is 1. The maximum atomic E-state index is 11.9. The van der Waals surface area contributed by atoms with Crippen LogP contribution in [0.1, 0.15) is 22.3 Å². The van der Waals surface area contributed by atoms with Crippen molar-refractivity contribution in [2.45, 2.75) is 12.8 Å². The Hall–Kier alpha value is -2.68. The van der Waals surface area contributed by atoms with Gasteiger partial charge < -0.3 is 0 Å². The maximum absolute atomic E-state index is 11.9. The van der Waals surface area contributed by atoms with E-state index in [1.165, 1.54) is 0 Å². The van der Waals surface area contributed by atoms with Crippen LogP contribution in [0.3, 0.4) is 0 Å². The fraction of sp³-hybridized carbons (Fsp3) is 0.111. The van der Waals surface area contributed by atoms with Crippen LogP contribution in [0.25, 0.3) is 16.8 Å². The molecule has 0 spiro atoms. The average Bonchev–Trinajstić information content (AvgIpc) is 3.16. The molecule has 1 aliphatic carbocycles. The number of rotatable bonds is 2. The van der Waals surface area contributed by atoms with Crippen LogP contribution in [-0.2, 0) is 6.42 Å². The molecule has 0 aliphatic heterocycles. The fourth-order valence-corrected chi connectivity index (χ4v) is 2.94. The van der Waals surface area contributed by atoms with Crippen molar-refractivity contribution >= 4 is 5.78 Å². The van der Waals surface area contributed by atoms with Crippen molar-refractivity contribution in [3.05, 3.63) is 72.1 Å². The molecule has 0 saturated carbocycles. The van der Waals surface area contributed by atoms with Crippen molar-refractivity contribution in [2.24, 2.45) is 0 Å². The normalized spacial score (nSPS) is 13.4. The highest BCUT2D eigenvalue weighted by atomic mass is 16.1. The summed E-state index contributed by atoms with van der Waals surface area (Å²) in [7, 11) is 0. The zero-order valence-corrected chi connectivity index (χ0v) is 11.5. The lowest BCUT2D eigenvalue weighted by Gasteiger charge is -2.05. The van der Waals surface area contributed by atoms with Crippen molar-refractivity contribution in [3.63, 3.8) is 0 Å². The molecular weight excluding hydrogens is 260 g/mol. The third kappa shape index (κ3) is 1.98. The second kappa shape index (κ2) is 4.70. The van der Waals surface area contributed by atoms with Crippen LogP contribution in [0.4, 0.5) is 0 Å². The number of Topliss-reactive ketones (excluding diaryl/α,β-unsaturated/α-hetero) is 1. The van der Waals surface area contributed by atoms with E-state index in [4.69, 9.17) is 0 Å². The number of benzene rings is 2. The molecule has 0 unspecified atom stereocenters. The SMILES string of the molecule is O=C1CCc2c1cccc2-c1cnn(-c2ccccc2)c1. The summed E-state index contributed by atoms with van der Waals surface area (Å²) in [6, 6.07) is 16.0. The number of hydrogen-bond acceptors (Lipinski definition) is 2. The van der Waals surface area contributed by atoms with Gasteiger partial charge >= 0.3 is 0 Å². The number of aromatic nitrogens is 2. The van der Waals surface area contributed by atoms with Crippen molar-refractivity contribution in [3.8, 4) is 16.8 Å². The summed E-state index contributed by atoms with van der Waals surface area (Å²) in [5, 5.41) is 4.44. The number of nitrogens with zero attached hydrogens (tertiary/aromatic N) is 2. The third-order valence-electron chi connectivity index (χ3n) is 3.99. The first kappa shape index (κ1) is 12.1. The lowest BCUT2D eigenvalue weighted by molar-refractivity contribution is 0.0994. The molecular formula is C18H14N2O. The summed E-state index contributed by atoms with van der Waals surface area (Å²) in [5.41, 5.74) is 5.26. The molecule has 0 bridgehead atoms. The summed E-state index contributed by atoms with van der Waals surface area (Å²) < 4.78 is 1.87. The largest absolute Gasteiger partial charge is 0.294 e. The molecule has 0 amide bonds. The molecule has 1 heterocycles. The Morgan fingerprint density at radius 1 is 0.905 bits per heavy atom. The zero-order chi connectivity index (χ0) is 14.2.